The zero-order chi connectivity index (χ0) is 12.8. The number of nitrogens with one attached hydrogen (secondary N) is 1. The smallest absolute Gasteiger partial charge is 0.323 e. The molecule has 1 N–H and O–H groups in total. The summed E-state index contributed by atoms with van der Waals surface area (Å²) in [6.07, 6.45) is 4.53. The van der Waals surface area contributed by atoms with Crippen LogP contribution in [-0.2, 0) is 19.4 Å². The second kappa shape index (κ2) is 13.6. The molecule has 0 unspecified atom stereocenters. The summed E-state index contributed by atoms with van der Waals surface area (Å²) in [6.45, 7) is 4.72. The van der Waals surface area contributed by atoms with Crippen molar-refractivity contribution < 1.29 is 19.4 Å². The molecule has 0 aromatic heterocycles. The van der Waals surface area contributed by atoms with Gasteiger partial charge in [0, 0.05) is 6.92 Å². The van der Waals surface area contributed by atoms with E-state index in [1.807, 2.05) is 14.1 Å². The Bertz CT molecular complexity index is 204. The van der Waals surface area contributed by atoms with E-state index in [0.717, 1.165) is 12.8 Å². The SMILES string of the molecule is C=CCCCCC(=O)OOC(C)=O.CNC. The van der Waals surface area contributed by atoms with Gasteiger partial charge in [-0.2, -0.15) is 0 Å². The van der Waals surface area contributed by atoms with E-state index >= 15 is 0 Å². The second-order valence-corrected chi connectivity index (χ2v) is 3.06. The summed E-state index contributed by atoms with van der Waals surface area (Å²) >= 11 is 0. The molecule has 0 spiro atoms. The molecule has 16 heavy (non-hydrogen) atoms. The van der Waals surface area contributed by atoms with E-state index in [1.54, 1.807) is 6.08 Å². The summed E-state index contributed by atoms with van der Waals surface area (Å²) in [4.78, 5) is 29.2. The van der Waals surface area contributed by atoms with Crippen molar-refractivity contribution in [3.05, 3.63) is 12.7 Å². The van der Waals surface area contributed by atoms with Crippen molar-refractivity contribution in [3.63, 3.8) is 0 Å². The zero-order valence-corrected chi connectivity index (χ0v) is 10.2. The Labute approximate surface area is 96.7 Å². The molecule has 0 atom stereocenters. The lowest BCUT2D eigenvalue weighted by atomic mass is 10.2. The van der Waals surface area contributed by atoms with Gasteiger partial charge >= 0.3 is 11.9 Å². The number of carbonyl (C=O) groups excluding carboxylic acids is 2. The monoisotopic (exact) mass is 231 g/mol. The minimum atomic E-state index is -0.626. The first-order valence-corrected chi connectivity index (χ1v) is 5.15. The van der Waals surface area contributed by atoms with Crippen molar-refractivity contribution in [2.75, 3.05) is 14.1 Å². The lowest BCUT2D eigenvalue weighted by Crippen LogP contribution is -2.08. The van der Waals surface area contributed by atoms with Crippen LogP contribution in [0.1, 0.15) is 32.6 Å². The van der Waals surface area contributed by atoms with Gasteiger partial charge in [-0.3, -0.25) is 0 Å². The van der Waals surface area contributed by atoms with E-state index < -0.39 is 11.9 Å². The van der Waals surface area contributed by atoms with Crippen LogP contribution in [0.3, 0.4) is 0 Å². The van der Waals surface area contributed by atoms with E-state index in [9.17, 15) is 9.59 Å². The number of allylic oxidation sites excluding steroid dienone is 1. The lowest BCUT2D eigenvalue weighted by molar-refractivity contribution is -0.257. The molecule has 0 bridgehead atoms. The molecule has 5 heteroatoms. The molecule has 0 aliphatic heterocycles. The van der Waals surface area contributed by atoms with Gasteiger partial charge in [0.05, 0.1) is 6.42 Å². The quantitative estimate of drug-likeness (QED) is 0.337. The molecular weight excluding hydrogens is 210 g/mol. The fourth-order valence-corrected chi connectivity index (χ4v) is 0.705. The molecule has 0 aliphatic carbocycles. The largest absolute Gasteiger partial charge is 0.355 e. The number of unbranched alkanes of at least 4 members (excludes halogenated alkanes) is 2. The predicted molar refractivity (Wildman–Crippen MR) is 61.5 cm³/mol. The first kappa shape index (κ1) is 17.0. The molecule has 5 nitrogen and oxygen atoms in total. The van der Waals surface area contributed by atoms with Crippen LogP contribution < -0.4 is 5.32 Å². The molecule has 0 radical (unpaired) electrons. The van der Waals surface area contributed by atoms with Crippen LogP contribution in [0.25, 0.3) is 0 Å². The van der Waals surface area contributed by atoms with Crippen molar-refractivity contribution >= 4 is 11.9 Å². The molecule has 0 aromatic rings. The number of hydrogen-bond acceptors (Lipinski definition) is 5. The van der Waals surface area contributed by atoms with Crippen LogP contribution in [0.15, 0.2) is 12.7 Å². The summed E-state index contributed by atoms with van der Waals surface area (Å²) in [5.41, 5.74) is 0. The predicted octanol–water partition coefficient (Wildman–Crippen LogP) is 1.59. The lowest BCUT2D eigenvalue weighted by Gasteiger charge is -1.99. The van der Waals surface area contributed by atoms with Crippen molar-refractivity contribution in [2.45, 2.75) is 32.6 Å². The summed E-state index contributed by atoms with van der Waals surface area (Å²) in [6, 6.07) is 0. The Kier molecular flexibility index (Phi) is 14.5. The van der Waals surface area contributed by atoms with E-state index in [4.69, 9.17) is 0 Å². The van der Waals surface area contributed by atoms with E-state index in [-0.39, 0.29) is 6.42 Å². The Morgan fingerprint density at radius 3 is 2.25 bits per heavy atom. The van der Waals surface area contributed by atoms with Gasteiger partial charge in [-0.1, -0.05) is 6.08 Å². The van der Waals surface area contributed by atoms with E-state index in [1.165, 1.54) is 6.92 Å². The van der Waals surface area contributed by atoms with Gasteiger partial charge < -0.3 is 5.32 Å². The Morgan fingerprint density at radius 2 is 1.81 bits per heavy atom. The first-order valence-electron chi connectivity index (χ1n) is 5.15. The normalized spacial score (nSPS) is 8.44. The minimum Gasteiger partial charge on any atom is -0.323 e. The van der Waals surface area contributed by atoms with Gasteiger partial charge in [0.1, 0.15) is 0 Å². The highest BCUT2D eigenvalue weighted by Crippen LogP contribution is 2.01. The maximum atomic E-state index is 10.8. The molecule has 0 heterocycles. The fourth-order valence-electron chi connectivity index (χ4n) is 0.705. The van der Waals surface area contributed by atoms with Crippen molar-refractivity contribution in [3.8, 4) is 0 Å². The highest BCUT2D eigenvalue weighted by molar-refractivity contribution is 5.71. The fraction of sp³-hybridized carbons (Fsp3) is 0.636. The van der Waals surface area contributed by atoms with Crippen LogP contribution in [0.2, 0.25) is 0 Å². The van der Waals surface area contributed by atoms with Gasteiger partial charge in [-0.05, 0) is 33.4 Å². The van der Waals surface area contributed by atoms with E-state index in [0.29, 0.717) is 6.42 Å². The third-order valence-electron chi connectivity index (χ3n) is 1.29. The maximum Gasteiger partial charge on any atom is 0.355 e. The van der Waals surface area contributed by atoms with Gasteiger partial charge in [0.15, 0.2) is 0 Å². The van der Waals surface area contributed by atoms with Crippen molar-refractivity contribution in [1.29, 1.82) is 0 Å². The van der Waals surface area contributed by atoms with E-state index in [2.05, 4.69) is 21.7 Å². The number of carbonyl (C=O) groups is 2. The molecule has 0 rings (SSSR count). The highest BCUT2D eigenvalue weighted by atomic mass is 17.2. The van der Waals surface area contributed by atoms with Crippen molar-refractivity contribution in [2.24, 2.45) is 0 Å². The van der Waals surface area contributed by atoms with Gasteiger partial charge in [-0.25, -0.2) is 19.4 Å². The van der Waals surface area contributed by atoms with Crippen molar-refractivity contribution in [1.82, 2.24) is 5.32 Å². The maximum absolute atomic E-state index is 10.8. The average molecular weight is 231 g/mol. The third-order valence-corrected chi connectivity index (χ3v) is 1.29. The molecule has 0 fully saturated rings. The Hall–Kier alpha value is -1.36. The zero-order valence-electron chi connectivity index (χ0n) is 10.2. The third kappa shape index (κ3) is 18.4. The van der Waals surface area contributed by atoms with Gasteiger partial charge in [0.2, 0.25) is 0 Å². The molecule has 94 valence electrons. The standard InChI is InChI=1S/C9H14O4.C2H7N/c1-3-4-5-6-7-9(11)13-12-8(2)10;1-3-2/h3H,1,4-7H2,2H3;3H,1-2H3. The topological polar surface area (TPSA) is 64.6 Å². The number of hydrogen-bond donors (Lipinski definition) is 1. The Balaban J connectivity index is 0. The summed E-state index contributed by atoms with van der Waals surface area (Å²) in [7, 11) is 3.75. The first-order chi connectivity index (χ1) is 7.58. The highest BCUT2D eigenvalue weighted by Gasteiger charge is 2.04. The van der Waals surface area contributed by atoms with Gasteiger partial charge in [0.25, 0.3) is 0 Å². The molecule has 0 aliphatic rings. The second-order valence-electron chi connectivity index (χ2n) is 3.06. The summed E-state index contributed by atoms with van der Waals surface area (Å²) in [5.74, 6) is -1.14. The molecule has 0 saturated heterocycles. The summed E-state index contributed by atoms with van der Waals surface area (Å²) in [5, 5.41) is 2.75. The average Bonchev–Trinajstić information content (AvgIpc) is 2.23. The van der Waals surface area contributed by atoms with Gasteiger partial charge in [-0.15, -0.1) is 6.58 Å². The molecule has 0 amide bonds. The van der Waals surface area contributed by atoms with Crippen LogP contribution in [-0.4, -0.2) is 26.0 Å². The number of rotatable bonds is 5. The van der Waals surface area contributed by atoms with Crippen LogP contribution in [0, 0.1) is 0 Å². The minimum absolute atomic E-state index is 0.265. The molecular formula is C11H21NO4. The molecule has 0 aromatic carbocycles. The van der Waals surface area contributed by atoms with Crippen LogP contribution in [0.5, 0.6) is 0 Å². The van der Waals surface area contributed by atoms with Crippen LogP contribution >= 0.6 is 0 Å². The summed E-state index contributed by atoms with van der Waals surface area (Å²) < 4.78 is 0. The molecule has 0 saturated carbocycles. The van der Waals surface area contributed by atoms with Crippen LogP contribution in [0.4, 0.5) is 0 Å². The Morgan fingerprint density at radius 1 is 1.25 bits per heavy atom.